The summed E-state index contributed by atoms with van der Waals surface area (Å²) in [6.45, 7) is 10.2. The van der Waals surface area contributed by atoms with Crippen molar-refractivity contribution >= 4 is 16.5 Å². The molecule has 108 valence electrons. The fourth-order valence-corrected chi connectivity index (χ4v) is 3.39. The van der Waals surface area contributed by atoms with Crippen molar-refractivity contribution in [3.63, 3.8) is 0 Å². The maximum absolute atomic E-state index is 5.49. The predicted molar refractivity (Wildman–Crippen MR) is 80.9 cm³/mol. The first-order chi connectivity index (χ1) is 9.33. The van der Waals surface area contributed by atoms with Gasteiger partial charge in [0.15, 0.2) is 5.13 Å². The lowest BCUT2D eigenvalue weighted by Gasteiger charge is -2.22. The first-order valence-corrected chi connectivity index (χ1v) is 8.13. The highest BCUT2D eigenvalue weighted by Crippen LogP contribution is 2.22. The number of aromatic nitrogens is 1. The number of nitrogens with one attached hydrogen (secondary N) is 1. The van der Waals surface area contributed by atoms with Crippen molar-refractivity contribution in [2.75, 3.05) is 37.7 Å². The summed E-state index contributed by atoms with van der Waals surface area (Å²) >= 11 is 1.80. The summed E-state index contributed by atoms with van der Waals surface area (Å²) in [5.74, 6) is 0.684. The van der Waals surface area contributed by atoms with Gasteiger partial charge in [-0.15, -0.1) is 11.3 Å². The van der Waals surface area contributed by atoms with Crippen LogP contribution in [-0.2, 0) is 11.3 Å². The molecule has 0 radical (unpaired) electrons. The van der Waals surface area contributed by atoms with Crippen molar-refractivity contribution in [3.8, 4) is 0 Å². The summed E-state index contributed by atoms with van der Waals surface area (Å²) < 4.78 is 5.49. The Labute approximate surface area is 120 Å². The van der Waals surface area contributed by atoms with Crippen molar-refractivity contribution in [1.29, 1.82) is 0 Å². The molecule has 1 atom stereocenters. The van der Waals surface area contributed by atoms with Crippen LogP contribution in [0.2, 0.25) is 0 Å². The highest BCUT2D eigenvalue weighted by molar-refractivity contribution is 7.15. The molecule has 0 amide bonds. The van der Waals surface area contributed by atoms with Gasteiger partial charge in [-0.1, -0.05) is 0 Å². The van der Waals surface area contributed by atoms with Gasteiger partial charge in [-0.2, -0.15) is 0 Å². The molecule has 2 rings (SSSR count). The first-order valence-electron chi connectivity index (χ1n) is 7.31. The number of hydrogen-bond donors (Lipinski definition) is 1. The molecule has 0 spiro atoms. The quantitative estimate of drug-likeness (QED) is 0.834. The van der Waals surface area contributed by atoms with E-state index in [1.165, 1.54) is 17.7 Å². The SMILES string of the molecule is CCN(CC)c1ncc(CNCC2CCCOC2)s1. The molecule has 0 aromatic carbocycles. The predicted octanol–water partition coefficient (Wildman–Crippen LogP) is 2.51. The Balaban J connectivity index is 1.73. The molecule has 1 aliphatic heterocycles. The fourth-order valence-electron chi connectivity index (χ4n) is 2.39. The maximum atomic E-state index is 5.49. The lowest BCUT2D eigenvalue weighted by molar-refractivity contribution is 0.0548. The molecule has 4 nitrogen and oxygen atoms in total. The summed E-state index contributed by atoms with van der Waals surface area (Å²) in [6, 6.07) is 0. The van der Waals surface area contributed by atoms with Crippen LogP contribution in [-0.4, -0.2) is 37.8 Å². The van der Waals surface area contributed by atoms with E-state index in [0.717, 1.165) is 44.5 Å². The Morgan fingerprint density at radius 3 is 3.00 bits per heavy atom. The second-order valence-corrected chi connectivity index (χ2v) is 6.09. The number of hydrogen-bond acceptors (Lipinski definition) is 5. The van der Waals surface area contributed by atoms with E-state index in [0.29, 0.717) is 5.92 Å². The van der Waals surface area contributed by atoms with E-state index in [1.54, 1.807) is 11.3 Å². The minimum absolute atomic E-state index is 0.684. The van der Waals surface area contributed by atoms with Gasteiger partial charge in [0, 0.05) is 43.9 Å². The average molecular weight is 283 g/mol. The van der Waals surface area contributed by atoms with Crippen LogP contribution in [0.25, 0.3) is 0 Å². The van der Waals surface area contributed by atoms with E-state index in [4.69, 9.17) is 4.74 Å². The van der Waals surface area contributed by atoms with E-state index in [-0.39, 0.29) is 0 Å². The molecule has 1 N–H and O–H groups in total. The molecule has 1 aromatic rings. The summed E-state index contributed by atoms with van der Waals surface area (Å²) in [4.78, 5) is 8.12. The van der Waals surface area contributed by atoms with Crippen LogP contribution in [0, 0.1) is 5.92 Å². The lowest BCUT2D eigenvalue weighted by atomic mass is 10.0. The van der Waals surface area contributed by atoms with Crippen molar-refractivity contribution in [2.24, 2.45) is 5.92 Å². The van der Waals surface area contributed by atoms with Crippen molar-refractivity contribution in [2.45, 2.75) is 33.2 Å². The molecule has 1 unspecified atom stereocenters. The Kier molecular flexibility index (Phi) is 6.07. The van der Waals surface area contributed by atoms with Gasteiger partial charge in [-0.3, -0.25) is 0 Å². The Morgan fingerprint density at radius 1 is 1.47 bits per heavy atom. The third kappa shape index (κ3) is 4.44. The molecule has 1 saturated heterocycles. The zero-order chi connectivity index (χ0) is 13.5. The zero-order valence-corrected chi connectivity index (χ0v) is 12.8. The third-order valence-corrected chi connectivity index (χ3v) is 4.62. The monoisotopic (exact) mass is 283 g/mol. The third-order valence-electron chi connectivity index (χ3n) is 3.56. The Hall–Kier alpha value is -0.650. The van der Waals surface area contributed by atoms with E-state index in [9.17, 15) is 0 Å². The standard InChI is InChI=1S/C14H25N3OS/c1-3-17(4-2)14-16-10-13(19-14)9-15-8-12-6-5-7-18-11-12/h10,12,15H,3-9,11H2,1-2H3. The molecule has 0 saturated carbocycles. The molecule has 19 heavy (non-hydrogen) atoms. The van der Waals surface area contributed by atoms with Crippen molar-refractivity contribution in [1.82, 2.24) is 10.3 Å². The topological polar surface area (TPSA) is 37.4 Å². The summed E-state index contributed by atoms with van der Waals surface area (Å²) in [7, 11) is 0. The number of rotatable bonds is 7. The molecule has 1 aliphatic rings. The highest BCUT2D eigenvalue weighted by Gasteiger charge is 2.13. The summed E-state index contributed by atoms with van der Waals surface area (Å²) in [6.07, 6.45) is 4.50. The van der Waals surface area contributed by atoms with Gasteiger partial charge in [0.25, 0.3) is 0 Å². The molecule has 5 heteroatoms. The van der Waals surface area contributed by atoms with E-state index in [2.05, 4.69) is 29.0 Å². The number of anilines is 1. The molecule has 1 aromatic heterocycles. The molecule has 1 fully saturated rings. The van der Waals surface area contributed by atoms with Crippen LogP contribution in [0.4, 0.5) is 5.13 Å². The fraction of sp³-hybridized carbons (Fsp3) is 0.786. The average Bonchev–Trinajstić information content (AvgIpc) is 2.90. The van der Waals surface area contributed by atoms with E-state index < -0.39 is 0 Å². The summed E-state index contributed by atoms with van der Waals surface area (Å²) in [5, 5.41) is 4.67. The van der Waals surface area contributed by atoms with Crippen LogP contribution < -0.4 is 10.2 Å². The van der Waals surface area contributed by atoms with Gasteiger partial charge < -0.3 is 15.0 Å². The highest BCUT2D eigenvalue weighted by atomic mass is 32.1. The van der Waals surface area contributed by atoms with Crippen LogP contribution in [0.3, 0.4) is 0 Å². The lowest BCUT2D eigenvalue weighted by Crippen LogP contribution is -2.28. The summed E-state index contributed by atoms with van der Waals surface area (Å²) in [5.41, 5.74) is 0. The number of ether oxygens (including phenoxy) is 1. The number of thiazole rings is 1. The van der Waals surface area contributed by atoms with Crippen molar-refractivity contribution in [3.05, 3.63) is 11.1 Å². The zero-order valence-electron chi connectivity index (χ0n) is 12.0. The minimum atomic E-state index is 0.684. The Morgan fingerprint density at radius 2 is 2.32 bits per heavy atom. The molecule has 2 heterocycles. The van der Waals surface area contributed by atoms with Gasteiger partial charge in [0.1, 0.15) is 0 Å². The molecular weight excluding hydrogens is 258 g/mol. The molecule has 0 aliphatic carbocycles. The van der Waals surface area contributed by atoms with Crippen LogP contribution in [0.15, 0.2) is 6.20 Å². The van der Waals surface area contributed by atoms with E-state index in [1.807, 2.05) is 6.20 Å². The van der Waals surface area contributed by atoms with Gasteiger partial charge in [-0.25, -0.2) is 4.98 Å². The smallest absolute Gasteiger partial charge is 0.185 e. The normalized spacial score (nSPS) is 19.6. The second kappa shape index (κ2) is 7.82. The van der Waals surface area contributed by atoms with Crippen LogP contribution in [0.5, 0.6) is 0 Å². The van der Waals surface area contributed by atoms with Gasteiger partial charge in [-0.05, 0) is 32.6 Å². The van der Waals surface area contributed by atoms with Crippen LogP contribution >= 0.6 is 11.3 Å². The van der Waals surface area contributed by atoms with Gasteiger partial charge >= 0.3 is 0 Å². The minimum Gasteiger partial charge on any atom is -0.381 e. The van der Waals surface area contributed by atoms with Crippen molar-refractivity contribution < 1.29 is 4.74 Å². The molecular formula is C14H25N3OS. The van der Waals surface area contributed by atoms with Gasteiger partial charge in [0.05, 0.1) is 6.61 Å². The first kappa shape index (κ1) is 14.8. The van der Waals surface area contributed by atoms with Gasteiger partial charge in [0.2, 0.25) is 0 Å². The second-order valence-electron chi connectivity index (χ2n) is 5.00. The largest absolute Gasteiger partial charge is 0.381 e. The van der Waals surface area contributed by atoms with E-state index >= 15 is 0 Å². The molecule has 0 bridgehead atoms. The Bertz CT molecular complexity index is 359. The maximum Gasteiger partial charge on any atom is 0.185 e. The number of nitrogens with zero attached hydrogens (tertiary/aromatic N) is 2. The van der Waals surface area contributed by atoms with Crippen LogP contribution in [0.1, 0.15) is 31.6 Å².